The van der Waals surface area contributed by atoms with Crippen LogP contribution in [0.1, 0.15) is 54.1 Å². The monoisotopic (exact) mass is 382 g/mol. The minimum absolute atomic E-state index is 0.00205. The van der Waals surface area contributed by atoms with Gasteiger partial charge in [0.05, 0.1) is 11.0 Å². The van der Waals surface area contributed by atoms with Gasteiger partial charge in [-0.15, -0.1) is 0 Å². The van der Waals surface area contributed by atoms with Gasteiger partial charge in [0.1, 0.15) is 0 Å². The average Bonchev–Trinajstić information content (AvgIpc) is 3.08. The molecular formula is C19H30N2O4S. The molecule has 1 N–H and O–H groups in total. The molecule has 1 aromatic carbocycles. The number of sulfonamides is 1. The Hall–Kier alpha value is -1.44. The standard InChI is InChI=1S/C19H30N2O4S/c1-13-11-16(12-18(15(13)3)26(23,24)21(4)5)19(22)20-14(2)8-9-17-7-6-10-25-17/h11-12,14,17H,6-10H2,1-5H3,(H,20,22). The van der Waals surface area contributed by atoms with Crippen molar-refractivity contribution in [3.8, 4) is 0 Å². The quantitative estimate of drug-likeness (QED) is 0.787. The molecular weight excluding hydrogens is 352 g/mol. The summed E-state index contributed by atoms with van der Waals surface area (Å²) in [6.07, 6.45) is 4.26. The van der Waals surface area contributed by atoms with Gasteiger partial charge in [-0.05, 0) is 69.7 Å². The summed E-state index contributed by atoms with van der Waals surface area (Å²) in [5, 5.41) is 2.97. The number of amides is 1. The van der Waals surface area contributed by atoms with Gasteiger partial charge in [0.2, 0.25) is 10.0 Å². The molecule has 6 nitrogen and oxygen atoms in total. The van der Waals surface area contributed by atoms with E-state index in [1.807, 2.05) is 13.8 Å². The molecule has 0 aliphatic carbocycles. The van der Waals surface area contributed by atoms with E-state index in [-0.39, 0.29) is 16.8 Å². The Kier molecular flexibility index (Phi) is 6.82. The van der Waals surface area contributed by atoms with Crippen molar-refractivity contribution in [3.05, 3.63) is 28.8 Å². The fourth-order valence-electron chi connectivity index (χ4n) is 3.11. The molecule has 1 fully saturated rings. The van der Waals surface area contributed by atoms with Crippen molar-refractivity contribution < 1.29 is 17.9 Å². The van der Waals surface area contributed by atoms with E-state index in [1.54, 1.807) is 13.0 Å². The molecule has 0 radical (unpaired) electrons. The fraction of sp³-hybridized carbons (Fsp3) is 0.632. The van der Waals surface area contributed by atoms with Crippen molar-refractivity contribution in [1.82, 2.24) is 9.62 Å². The Morgan fingerprint density at radius 1 is 1.35 bits per heavy atom. The molecule has 0 spiro atoms. The van der Waals surface area contributed by atoms with Crippen molar-refractivity contribution >= 4 is 15.9 Å². The van der Waals surface area contributed by atoms with Gasteiger partial charge >= 0.3 is 0 Å². The zero-order valence-electron chi connectivity index (χ0n) is 16.3. The topological polar surface area (TPSA) is 75.7 Å². The number of hydrogen-bond donors (Lipinski definition) is 1. The predicted molar refractivity (Wildman–Crippen MR) is 102 cm³/mol. The summed E-state index contributed by atoms with van der Waals surface area (Å²) in [5.74, 6) is -0.247. The minimum atomic E-state index is -3.60. The number of hydrogen-bond acceptors (Lipinski definition) is 4. The van der Waals surface area contributed by atoms with E-state index in [2.05, 4.69) is 5.32 Å². The van der Waals surface area contributed by atoms with Gasteiger partial charge < -0.3 is 10.1 Å². The highest BCUT2D eigenvalue weighted by molar-refractivity contribution is 7.89. The third kappa shape index (κ3) is 4.84. The maximum atomic E-state index is 12.6. The number of benzene rings is 1. The van der Waals surface area contributed by atoms with E-state index in [0.29, 0.717) is 17.2 Å². The molecule has 26 heavy (non-hydrogen) atoms. The maximum absolute atomic E-state index is 12.6. The van der Waals surface area contributed by atoms with Gasteiger partial charge in [-0.2, -0.15) is 0 Å². The number of rotatable bonds is 7. The van der Waals surface area contributed by atoms with Gasteiger partial charge in [-0.1, -0.05) is 0 Å². The second-order valence-corrected chi connectivity index (χ2v) is 9.41. The number of nitrogens with zero attached hydrogens (tertiary/aromatic N) is 1. The summed E-state index contributed by atoms with van der Waals surface area (Å²) in [7, 11) is -0.619. The lowest BCUT2D eigenvalue weighted by Gasteiger charge is -2.19. The lowest BCUT2D eigenvalue weighted by molar-refractivity contribution is 0.0899. The Bertz CT molecular complexity index is 753. The highest BCUT2D eigenvalue weighted by atomic mass is 32.2. The first-order chi connectivity index (χ1) is 12.1. The smallest absolute Gasteiger partial charge is 0.251 e. The number of ether oxygens (including phenoxy) is 1. The Balaban J connectivity index is 2.12. The summed E-state index contributed by atoms with van der Waals surface area (Å²) < 4.78 is 31.8. The molecule has 1 aliphatic rings. The SMILES string of the molecule is Cc1cc(C(=O)NC(C)CCC2CCCO2)cc(S(=O)(=O)N(C)C)c1C. The van der Waals surface area contributed by atoms with E-state index in [1.165, 1.54) is 24.5 Å². The molecule has 7 heteroatoms. The largest absolute Gasteiger partial charge is 0.378 e. The molecule has 2 rings (SSSR count). The molecule has 146 valence electrons. The van der Waals surface area contributed by atoms with Crippen LogP contribution in [0.25, 0.3) is 0 Å². The molecule has 2 unspecified atom stereocenters. The van der Waals surface area contributed by atoms with Crippen LogP contribution in [0.2, 0.25) is 0 Å². The summed E-state index contributed by atoms with van der Waals surface area (Å²) in [6, 6.07) is 3.22. The van der Waals surface area contributed by atoms with Crippen LogP contribution >= 0.6 is 0 Å². The second kappa shape index (κ2) is 8.50. The van der Waals surface area contributed by atoms with Gasteiger partial charge in [-0.3, -0.25) is 4.79 Å². The number of carbonyl (C=O) groups is 1. The number of nitrogens with one attached hydrogen (secondary N) is 1. The molecule has 0 saturated carbocycles. The molecule has 0 aromatic heterocycles. The number of aryl methyl sites for hydroxylation is 1. The first kappa shape index (κ1) is 20.9. The Morgan fingerprint density at radius 2 is 2.04 bits per heavy atom. The van der Waals surface area contributed by atoms with E-state index in [9.17, 15) is 13.2 Å². The van der Waals surface area contributed by atoms with E-state index in [0.717, 1.165) is 37.9 Å². The summed E-state index contributed by atoms with van der Waals surface area (Å²) in [4.78, 5) is 12.8. The van der Waals surface area contributed by atoms with Crippen LogP contribution < -0.4 is 5.32 Å². The highest BCUT2D eigenvalue weighted by Crippen LogP contribution is 2.23. The van der Waals surface area contributed by atoms with Crippen LogP contribution in [0, 0.1) is 13.8 Å². The zero-order chi connectivity index (χ0) is 19.5. The molecule has 1 saturated heterocycles. The molecule has 2 atom stereocenters. The van der Waals surface area contributed by atoms with Gasteiger partial charge in [0.25, 0.3) is 5.91 Å². The van der Waals surface area contributed by atoms with Crippen LogP contribution in [0.5, 0.6) is 0 Å². The van der Waals surface area contributed by atoms with Crippen molar-refractivity contribution in [2.45, 2.75) is 63.5 Å². The molecule has 1 aliphatic heterocycles. The normalized spacial score (nSPS) is 18.9. The lowest BCUT2D eigenvalue weighted by atomic mass is 10.0. The van der Waals surface area contributed by atoms with Crippen molar-refractivity contribution in [3.63, 3.8) is 0 Å². The van der Waals surface area contributed by atoms with Crippen molar-refractivity contribution in [1.29, 1.82) is 0 Å². The Morgan fingerprint density at radius 3 is 2.62 bits per heavy atom. The van der Waals surface area contributed by atoms with E-state index < -0.39 is 10.0 Å². The van der Waals surface area contributed by atoms with Crippen LogP contribution in [0.3, 0.4) is 0 Å². The van der Waals surface area contributed by atoms with Gasteiger partial charge in [0.15, 0.2) is 0 Å². The van der Waals surface area contributed by atoms with Gasteiger partial charge in [-0.25, -0.2) is 12.7 Å². The predicted octanol–water partition coefficient (Wildman–Crippen LogP) is 2.63. The zero-order valence-corrected chi connectivity index (χ0v) is 17.1. The molecule has 0 bridgehead atoms. The van der Waals surface area contributed by atoms with Crippen molar-refractivity contribution in [2.75, 3.05) is 20.7 Å². The van der Waals surface area contributed by atoms with Crippen LogP contribution in [-0.4, -0.2) is 51.5 Å². The van der Waals surface area contributed by atoms with Crippen molar-refractivity contribution in [2.24, 2.45) is 0 Å². The maximum Gasteiger partial charge on any atom is 0.251 e. The summed E-state index contributed by atoms with van der Waals surface area (Å²) in [5.41, 5.74) is 1.82. The summed E-state index contributed by atoms with van der Waals surface area (Å²) in [6.45, 7) is 6.38. The fourth-order valence-corrected chi connectivity index (χ4v) is 4.33. The number of carbonyl (C=O) groups excluding carboxylic acids is 1. The second-order valence-electron chi connectivity index (χ2n) is 7.29. The van der Waals surface area contributed by atoms with Crippen LogP contribution in [0.4, 0.5) is 0 Å². The first-order valence-corrected chi connectivity index (χ1v) is 10.5. The highest BCUT2D eigenvalue weighted by Gasteiger charge is 2.23. The third-order valence-corrected chi connectivity index (χ3v) is 6.90. The Labute approximate surface area is 157 Å². The van der Waals surface area contributed by atoms with Gasteiger partial charge in [0, 0.05) is 32.3 Å². The molecule has 1 amide bonds. The third-order valence-electron chi connectivity index (χ3n) is 4.96. The van der Waals surface area contributed by atoms with Crippen LogP contribution in [-0.2, 0) is 14.8 Å². The van der Waals surface area contributed by atoms with E-state index >= 15 is 0 Å². The lowest BCUT2D eigenvalue weighted by Crippen LogP contribution is -2.33. The molecule has 1 aromatic rings. The average molecular weight is 383 g/mol. The molecule has 1 heterocycles. The first-order valence-electron chi connectivity index (χ1n) is 9.09. The summed E-state index contributed by atoms with van der Waals surface area (Å²) >= 11 is 0. The minimum Gasteiger partial charge on any atom is -0.378 e. The van der Waals surface area contributed by atoms with Crippen LogP contribution in [0.15, 0.2) is 17.0 Å². The van der Waals surface area contributed by atoms with E-state index in [4.69, 9.17) is 4.74 Å².